The van der Waals surface area contributed by atoms with E-state index in [9.17, 15) is 14.4 Å². The lowest BCUT2D eigenvalue weighted by Crippen LogP contribution is -2.33. The summed E-state index contributed by atoms with van der Waals surface area (Å²) in [6.07, 6.45) is 1.16. The molecule has 0 aliphatic carbocycles. The fourth-order valence-corrected chi connectivity index (χ4v) is 0.876. The van der Waals surface area contributed by atoms with Crippen LogP contribution in [0.2, 0.25) is 0 Å². The summed E-state index contributed by atoms with van der Waals surface area (Å²) in [5.74, 6) is -2.43. The Hall–Kier alpha value is -2.45. The van der Waals surface area contributed by atoms with Crippen LogP contribution in [-0.2, 0) is 16.1 Å². The number of aliphatic carboxylic acids is 1. The molecule has 1 aromatic rings. The van der Waals surface area contributed by atoms with Gasteiger partial charge < -0.3 is 16.2 Å². The highest BCUT2D eigenvalue weighted by atomic mass is 16.4. The van der Waals surface area contributed by atoms with E-state index in [-0.39, 0.29) is 12.2 Å². The van der Waals surface area contributed by atoms with Crippen molar-refractivity contribution < 1.29 is 19.5 Å². The largest absolute Gasteiger partial charge is 0.480 e. The van der Waals surface area contributed by atoms with Crippen LogP contribution in [0.3, 0.4) is 0 Å². The van der Waals surface area contributed by atoms with Crippen LogP contribution in [0, 0.1) is 0 Å². The molecule has 1 heterocycles. The molecule has 0 aromatic carbocycles. The van der Waals surface area contributed by atoms with Crippen molar-refractivity contribution in [1.82, 2.24) is 20.3 Å². The number of hydrogen-bond donors (Lipinski definition) is 3. The Labute approximate surface area is 89.2 Å². The van der Waals surface area contributed by atoms with Crippen molar-refractivity contribution in [3.8, 4) is 0 Å². The van der Waals surface area contributed by atoms with E-state index in [0.717, 1.165) is 10.9 Å². The number of carboxylic acid groups (broad SMARTS) is 1. The molecule has 1 rings (SSSR count). The van der Waals surface area contributed by atoms with E-state index in [2.05, 4.69) is 15.6 Å². The van der Waals surface area contributed by atoms with Gasteiger partial charge in [0.25, 0.3) is 5.91 Å². The van der Waals surface area contributed by atoms with Crippen molar-refractivity contribution in [2.24, 2.45) is 5.73 Å². The molecular formula is C7H9N5O4. The summed E-state index contributed by atoms with van der Waals surface area (Å²) in [6, 6.07) is 0. The van der Waals surface area contributed by atoms with E-state index in [1.165, 1.54) is 0 Å². The van der Waals surface area contributed by atoms with Crippen molar-refractivity contribution in [3.63, 3.8) is 0 Å². The van der Waals surface area contributed by atoms with Gasteiger partial charge in [0.15, 0.2) is 5.69 Å². The average molecular weight is 227 g/mol. The van der Waals surface area contributed by atoms with E-state index in [1.807, 2.05) is 0 Å². The van der Waals surface area contributed by atoms with Crippen LogP contribution in [0.1, 0.15) is 10.5 Å². The summed E-state index contributed by atoms with van der Waals surface area (Å²) in [6.45, 7) is -0.708. The van der Waals surface area contributed by atoms with Crippen molar-refractivity contribution in [1.29, 1.82) is 0 Å². The summed E-state index contributed by atoms with van der Waals surface area (Å²) >= 11 is 0. The second-order valence-corrected chi connectivity index (χ2v) is 2.84. The molecule has 0 saturated heterocycles. The lowest BCUT2D eigenvalue weighted by molar-refractivity contribution is -0.137. The number of aromatic nitrogens is 3. The zero-order valence-corrected chi connectivity index (χ0v) is 8.08. The highest BCUT2D eigenvalue weighted by molar-refractivity contribution is 5.94. The van der Waals surface area contributed by atoms with Crippen molar-refractivity contribution >= 4 is 17.8 Å². The van der Waals surface area contributed by atoms with Gasteiger partial charge in [-0.25, -0.2) is 4.68 Å². The second-order valence-electron chi connectivity index (χ2n) is 2.84. The quantitative estimate of drug-likeness (QED) is 0.511. The molecule has 0 saturated carbocycles. The van der Waals surface area contributed by atoms with Gasteiger partial charge in [-0.1, -0.05) is 5.21 Å². The molecular weight excluding hydrogens is 218 g/mol. The van der Waals surface area contributed by atoms with Gasteiger partial charge in [0, 0.05) is 0 Å². The first kappa shape index (κ1) is 11.6. The third-order valence-electron chi connectivity index (χ3n) is 1.49. The first-order chi connectivity index (χ1) is 7.49. The molecule has 0 radical (unpaired) electrons. The molecule has 0 atom stereocenters. The van der Waals surface area contributed by atoms with Gasteiger partial charge in [-0.3, -0.25) is 14.4 Å². The van der Waals surface area contributed by atoms with Crippen LogP contribution in [0.25, 0.3) is 0 Å². The average Bonchev–Trinajstić information content (AvgIpc) is 2.61. The third kappa shape index (κ3) is 3.36. The first-order valence-electron chi connectivity index (χ1n) is 4.17. The SMILES string of the molecule is NC(=O)CNC(=O)c1cn(CC(=O)O)nn1. The fourth-order valence-electron chi connectivity index (χ4n) is 0.876. The Morgan fingerprint density at radius 2 is 2.19 bits per heavy atom. The van der Waals surface area contributed by atoms with Crippen molar-refractivity contribution in [3.05, 3.63) is 11.9 Å². The minimum Gasteiger partial charge on any atom is -0.480 e. The summed E-state index contributed by atoms with van der Waals surface area (Å²) < 4.78 is 0.988. The van der Waals surface area contributed by atoms with Crippen LogP contribution < -0.4 is 11.1 Å². The first-order valence-corrected chi connectivity index (χ1v) is 4.17. The number of hydrogen-bond acceptors (Lipinski definition) is 5. The molecule has 16 heavy (non-hydrogen) atoms. The smallest absolute Gasteiger partial charge is 0.325 e. The Kier molecular flexibility index (Phi) is 3.53. The number of nitrogens with zero attached hydrogens (tertiary/aromatic N) is 3. The number of nitrogens with two attached hydrogens (primary N) is 1. The van der Waals surface area contributed by atoms with Gasteiger partial charge in [-0.15, -0.1) is 5.10 Å². The van der Waals surface area contributed by atoms with Crippen LogP contribution in [0.4, 0.5) is 0 Å². The highest BCUT2D eigenvalue weighted by Crippen LogP contribution is 1.92. The number of carboxylic acids is 1. The number of carbonyl (C=O) groups is 3. The molecule has 0 spiro atoms. The molecule has 0 aliphatic rings. The number of primary amides is 1. The number of amides is 2. The van der Waals surface area contributed by atoms with Gasteiger partial charge in [0.2, 0.25) is 5.91 Å². The zero-order valence-electron chi connectivity index (χ0n) is 8.08. The predicted molar refractivity (Wildman–Crippen MR) is 49.2 cm³/mol. The molecule has 1 aromatic heterocycles. The Bertz CT molecular complexity index is 426. The lowest BCUT2D eigenvalue weighted by Gasteiger charge is -1.97. The molecule has 9 nitrogen and oxygen atoms in total. The van der Waals surface area contributed by atoms with E-state index in [0.29, 0.717) is 0 Å². The molecule has 0 bridgehead atoms. The molecule has 2 amide bonds. The topological polar surface area (TPSA) is 140 Å². The standard InChI is InChI=1S/C7H9N5O4/c8-5(13)1-9-7(16)4-2-12(11-10-4)3-6(14)15/h2H,1,3H2,(H2,8,13)(H,9,16)(H,14,15). The second kappa shape index (κ2) is 4.87. The van der Waals surface area contributed by atoms with Crippen LogP contribution in [-0.4, -0.2) is 44.4 Å². The Morgan fingerprint density at radius 3 is 2.75 bits per heavy atom. The Balaban J connectivity index is 2.59. The van der Waals surface area contributed by atoms with Crippen molar-refractivity contribution in [2.75, 3.05) is 6.54 Å². The molecule has 9 heteroatoms. The number of nitrogens with one attached hydrogen (secondary N) is 1. The van der Waals surface area contributed by atoms with E-state index < -0.39 is 24.3 Å². The summed E-state index contributed by atoms with van der Waals surface area (Å²) in [5, 5.41) is 17.5. The van der Waals surface area contributed by atoms with Crippen LogP contribution in [0.5, 0.6) is 0 Å². The lowest BCUT2D eigenvalue weighted by atomic mass is 10.4. The third-order valence-corrected chi connectivity index (χ3v) is 1.49. The van der Waals surface area contributed by atoms with Gasteiger partial charge in [0.1, 0.15) is 6.54 Å². The van der Waals surface area contributed by atoms with Gasteiger partial charge in [-0.05, 0) is 0 Å². The maximum absolute atomic E-state index is 11.3. The summed E-state index contributed by atoms with van der Waals surface area (Å²) in [7, 11) is 0. The van der Waals surface area contributed by atoms with Gasteiger partial charge in [0.05, 0.1) is 12.7 Å². The number of carbonyl (C=O) groups excluding carboxylic acids is 2. The monoisotopic (exact) mass is 227 g/mol. The van der Waals surface area contributed by atoms with Gasteiger partial charge in [-0.2, -0.15) is 0 Å². The minimum absolute atomic E-state index is 0.0810. The fraction of sp³-hybridized carbons (Fsp3) is 0.286. The summed E-state index contributed by atoms with van der Waals surface area (Å²) in [4.78, 5) is 32.0. The molecule has 0 unspecified atom stereocenters. The van der Waals surface area contributed by atoms with E-state index >= 15 is 0 Å². The normalized spacial score (nSPS) is 9.75. The summed E-state index contributed by atoms with van der Waals surface area (Å²) in [5.41, 5.74) is 4.74. The minimum atomic E-state index is -1.10. The molecule has 86 valence electrons. The Morgan fingerprint density at radius 1 is 1.50 bits per heavy atom. The zero-order chi connectivity index (χ0) is 12.1. The molecule has 4 N–H and O–H groups in total. The molecule has 0 fully saturated rings. The van der Waals surface area contributed by atoms with Gasteiger partial charge >= 0.3 is 5.97 Å². The van der Waals surface area contributed by atoms with E-state index in [1.54, 1.807) is 0 Å². The van der Waals surface area contributed by atoms with Crippen LogP contribution >= 0.6 is 0 Å². The van der Waals surface area contributed by atoms with Crippen molar-refractivity contribution in [2.45, 2.75) is 6.54 Å². The number of rotatable bonds is 5. The molecule has 0 aliphatic heterocycles. The van der Waals surface area contributed by atoms with E-state index in [4.69, 9.17) is 10.8 Å². The predicted octanol–water partition coefficient (Wildman–Crippen LogP) is -2.42. The van der Waals surface area contributed by atoms with Crippen LogP contribution in [0.15, 0.2) is 6.20 Å². The maximum atomic E-state index is 11.3. The highest BCUT2D eigenvalue weighted by Gasteiger charge is 2.11. The maximum Gasteiger partial charge on any atom is 0.325 e.